The van der Waals surface area contributed by atoms with E-state index in [-0.39, 0.29) is 0 Å². The molecule has 1 saturated heterocycles. The average molecular weight is 292 g/mol. The Morgan fingerprint density at radius 1 is 1.32 bits per heavy atom. The maximum Gasteiger partial charge on any atom is 0.279 e. The van der Waals surface area contributed by atoms with Crippen LogP contribution >= 0.6 is 0 Å². The van der Waals surface area contributed by atoms with Crippen LogP contribution in [0.4, 0.5) is 0 Å². The fraction of sp³-hybridized carbons (Fsp3) is 1.00. The zero-order chi connectivity index (χ0) is 14.3. The maximum absolute atomic E-state index is 12.1. The van der Waals surface area contributed by atoms with Crippen LogP contribution in [0.5, 0.6) is 0 Å². The first kappa shape index (κ1) is 16.8. The summed E-state index contributed by atoms with van der Waals surface area (Å²) < 4.78 is 28.5. The minimum atomic E-state index is -3.29. The van der Waals surface area contributed by atoms with Gasteiger partial charge in [0.05, 0.1) is 0 Å². The molecule has 0 aromatic carbocycles. The van der Waals surface area contributed by atoms with E-state index < -0.39 is 10.2 Å². The molecule has 7 heteroatoms. The third kappa shape index (κ3) is 5.74. The Labute approximate surface area is 117 Å². The van der Waals surface area contributed by atoms with E-state index in [2.05, 4.69) is 21.9 Å². The molecule has 0 atom stereocenters. The van der Waals surface area contributed by atoms with Gasteiger partial charge in [-0.1, -0.05) is 6.92 Å². The lowest BCUT2D eigenvalue weighted by Crippen LogP contribution is -2.47. The topological polar surface area (TPSA) is 64.7 Å². The molecule has 0 unspecified atom stereocenters. The molecule has 0 spiro atoms. The van der Waals surface area contributed by atoms with Gasteiger partial charge in [-0.05, 0) is 45.9 Å². The summed E-state index contributed by atoms with van der Waals surface area (Å²) >= 11 is 0. The van der Waals surface area contributed by atoms with Crippen molar-refractivity contribution in [3.63, 3.8) is 0 Å². The minimum absolute atomic E-state index is 0.475. The van der Waals surface area contributed by atoms with E-state index >= 15 is 0 Å². The molecule has 0 amide bonds. The van der Waals surface area contributed by atoms with Crippen molar-refractivity contribution in [1.82, 2.24) is 19.2 Å². The number of nitrogens with one attached hydrogen (secondary N) is 2. The van der Waals surface area contributed by atoms with Crippen LogP contribution in [0.3, 0.4) is 0 Å². The highest BCUT2D eigenvalue weighted by atomic mass is 32.2. The zero-order valence-electron chi connectivity index (χ0n) is 12.4. The summed E-state index contributed by atoms with van der Waals surface area (Å²) in [7, 11) is 0.634. The third-order valence-corrected chi connectivity index (χ3v) is 5.34. The Morgan fingerprint density at radius 2 is 1.95 bits per heavy atom. The van der Waals surface area contributed by atoms with Crippen LogP contribution in [0.25, 0.3) is 0 Å². The Hall–Kier alpha value is -0.210. The van der Waals surface area contributed by atoms with Gasteiger partial charge in [-0.15, -0.1) is 0 Å². The SMILES string of the molecule is CCN(C)CCNS(=O)(=O)N1CCC(CNC)CC1. The first-order valence-electron chi connectivity index (χ1n) is 7.07. The second-order valence-corrected chi connectivity index (χ2v) is 6.95. The van der Waals surface area contributed by atoms with Crippen LogP contribution < -0.4 is 10.0 Å². The number of hydrogen-bond donors (Lipinski definition) is 2. The van der Waals surface area contributed by atoms with Crippen molar-refractivity contribution in [2.45, 2.75) is 19.8 Å². The zero-order valence-corrected chi connectivity index (χ0v) is 13.2. The van der Waals surface area contributed by atoms with E-state index in [0.717, 1.165) is 32.5 Å². The van der Waals surface area contributed by atoms with Crippen molar-refractivity contribution in [1.29, 1.82) is 0 Å². The van der Waals surface area contributed by atoms with Gasteiger partial charge in [0.25, 0.3) is 10.2 Å². The van der Waals surface area contributed by atoms with Crippen molar-refractivity contribution < 1.29 is 8.42 Å². The van der Waals surface area contributed by atoms with E-state index in [1.807, 2.05) is 14.1 Å². The van der Waals surface area contributed by atoms with Gasteiger partial charge >= 0.3 is 0 Å². The number of rotatable bonds is 8. The molecule has 6 nitrogen and oxygen atoms in total. The molecule has 1 fully saturated rings. The Bertz CT molecular complexity index is 340. The van der Waals surface area contributed by atoms with E-state index in [1.165, 1.54) is 0 Å². The van der Waals surface area contributed by atoms with Crippen LogP contribution in [0, 0.1) is 5.92 Å². The summed E-state index contributed by atoms with van der Waals surface area (Å²) in [6.07, 6.45) is 1.88. The standard InChI is InChI=1S/C12H28N4O2S/c1-4-15(3)10-7-14-19(17,18)16-8-5-12(6-9-16)11-13-2/h12-14H,4-11H2,1-3H3. The third-order valence-electron chi connectivity index (χ3n) is 3.72. The van der Waals surface area contributed by atoms with Crippen molar-refractivity contribution in [3.8, 4) is 0 Å². The molecule has 0 bridgehead atoms. The second-order valence-electron chi connectivity index (χ2n) is 5.20. The molecule has 114 valence electrons. The number of piperidine rings is 1. The van der Waals surface area contributed by atoms with Gasteiger partial charge in [0.1, 0.15) is 0 Å². The van der Waals surface area contributed by atoms with Crippen LogP contribution in [0.1, 0.15) is 19.8 Å². The molecule has 0 saturated carbocycles. The van der Waals surface area contributed by atoms with Crippen LogP contribution in [-0.2, 0) is 10.2 Å². The van der Waals surface area contributed by atoms with Gasteiger partial charge in [-0.3, -0.25) is 0 Å². The molecular weight excluding hydrogens is 264 g/mol. The van der Waals surface area contributed by atoms with E-state index in [4.69, 9.17) is 0 Å². The van der Waals surface area contributed by atoms with Crippen molar-refractivity contribution in [3.05, 3.63) is 0 Å². The summed E-state index contributed by atoms with van der Waals surface area (Å²) in [6, 6.07) is 0. The van der Waals surface area contributed by atoms with Gasteiger partial charge in [-0.25, -0.2) is 4.72 Å². The van der Waals surface area contributed by atoms with Crippen LogP contribution in [0.2, 0.25) is 0 Å². The van der Waals surface area contributed by atoms with E-state index in [9.17, 15) is 8.42 Å². The predicted octanol–water partition coefficient (Wildman–Crippen LogP) is -0.296. The van der Waals surface area contributed by atoms with E-state index in [0.29, 0.717) is 25.6 Å². The molecule has 0 aliphatic carbocycles. The lowest BCUT2D eigenvalue weighted by Gasteiger charge is -2.31. The average Bonchev–Trinajstić information content (AvgIpc) is 2.39. The van der Waals surface area contributed by atoms with Crippen LogP contribution in [-0.4, -0.2) is 71.0 Å². The normalized spacial score (nSPS) is 19.2. The van der Waals surface area contributed by atoms with Gasteiger partial charge in [-0.2, -0.15) is 12.7 Å². The quantitative estimate of drug-likeness (QED) is 0.645. The lowest BCUT2D eigenvalue weighted by atomic mass is 9.98. The highest BCUT2D eigenvalue weighted by molar-refractivity contribution is 7.87. The molecule has 1 aliphatic heterocycles. The Balaban J connectivity index is 2.34. The lowest BCUT2D eigenvalue weighted by molar-refractivity contribution is 0.267. The highest BCUT2D eigenvalue weighted by Crippen LogP contribution is 2.18. The summed E-state index contributed by atoms with van der Waals surface area (Å²) in [6.45, 7) is 6.44. The van der Waals surface area contributed by atoms with Crippen molar-refractivity contribution in [2.75, 3.05) is 53.4 Å². The Morgan fingerprint density at radius 3 is 2.47 bits per heavy atom. The second kappa shape index (κ2) is 8.16. The smallest absolute Gasteiger partial charge is 0.279 e. The number of hydrogen-bond acceptors (Lipinski definition) is 4. The molecular formula is C12H28N4O2S. The fourth-order valence-corrected chi connectivity index (χ4v) is 3.48. The van der Waals surface area contributed by atoms with Gasteiger partial charge < -0.3 is 10.2 Å². The monoisotopic (exact) mass is 292 g/mol. The molecule has 2 N–H and O–H groups in total. The molecule has 1 aliphatic rings. The van der Waals surface area contributed by atoms with E-state index in [1.54, 1.807) is 4.31 Å². The predicted molar refractivity (Wildman–Crippen MR) is 78.3 cm³/mol. The maximum atomic E-state index is 12.1. The van der Waals surface area contributed by atoms with Gasteiger partial charge in [0.15, 0.2) is 0 Å². The number of nitrogens with zero attached hydrogens (tertiary/aromatic N) is 2. The fourth-order valence-electron chi connectivity index (χ4n) is 2.26. The molecule has 1 rings (SSSR count). The van der Waals surface area contributed by atoms with Gasteiger partial charge in [0, 0.05) is 26.2 Å². The minimum Gasteiger partial charge on any atom is -0.319 e. The van der Waals surface area contributed by atoms with Crippen molar-refractivity contribution >= 4 is 10.2 Å². The molecule has 0 aromatic heterocycles. The van der Waals surface area contributed by atoms with Crippen LogP contribution in [0.15, 0.2) is 0 Å². The molecule has 0 radical (unpaired) electrons. The summed E-state index contributed by atoms with van der Waals surface area (Å²) in [4.78, 5) is 2.08. The largest absolute Gasteiger partial charge is 0.319 e. The number of likely N-dealkylation sites (N-methyl/N-ethyl adjacent to an activating group) is 1. The first-order chi connectivity index (χ1) is 8.99. The Kier molecular flexibility index (Phi) is 7.23. The summed E-state index contributed by atoms with van der Waals surface area (Å²) in [5.41, 5.74) is 0. The molecule has 1 heterocycles. The molecule has 19 heavy (non-hydrogen) atoms. The van der Waals surface area contributed by atoms with Crippen molar-refractivity contribution in [2.24, 2.45) is 5.92 Å². The summed E-state index contributed by atoms with van der Waals surface area (Å²) in [5, 5.41) is 3.16. The first-order valence-corrected chi connectivity index (χ1v) is 8.51. The molecule has 0 aromatic rings. The summed E-state index contributed by atoms with van der Waals surface area (Å²) in [5.74, 6) is 0.600. The highest BCUT2D eigenvalue weighted by Gasteiger charge is 2.27. The van der Waals surface area contributed by atoms with Gasteiger partial charge in [0.2, 0.25) is 0 Å².